The van der Waals surface area contributed by atoms with Gasteiger partial charge in [-0.05, 0) is 24.7 Å². The summed E-state index contributed by atoms with van der Waals surface area (Å²) in [7, 11) is 0. The van der Waals surface area contributed by atoms with E-state index in [1.54, 1.807) is 0 Å². The van der Waals surface area contributed by atoms with Crippen LogP contribution in [0.3, 0.4) is 0 Å². The maximum Gasteiger partial charge on any atom is 0.305 e. The molecule has 0 aliphatic heterocycles. The van der Waals surface area contributed by atoms with Crippen LogP contribution in [0.2, 0.25) is 0 Å². The molecule has 0 bridgehead atoms. The summed E-state index contributed by atoms with van der Waals surface area (Å²) < 4.78 is 10.1. The fourth-order valence-electron chi connectivity index (χ4n) is 1.38. The van der Waals surface area contributed by atoms with Crippen molar-refractivity contribution in [1.29, 1.82) is 0 Å². The van der Waals surface area contributed by atoms with Crippen LogP contribution >= 0.6 is 0 Å². The highest BCUT2D eigenvalue weighted by Crippen LogP contribution is 2.06. The Morgan fingerprint density at radius 1 is 0.737 bits per heavy atom. The summed E-state index contributed by atoms with van der Waals surface area (Å²) in [6.07, 6.45) is 3.28. The molecule has 0 saturated carbocycles. The van der Waals surface area contributed by atoms with Crippen molar-refractivity contribution in [1.82, 2.24) is 0 Å². The van der Waals surface area contributed by atoms with E-state index in [1.165, 1.54) is 0 Å². The number of unbranched alkanes of at least 4 members (excludes halogenated alkanes) is 2. The average molecular weight is 272 g/mol. The summed E-state index contributed by atoms with van der Waals surface area (Å²) in [6.45, 7) is 9.01. The molecule has 0 aromatic heterocycles. The van der Waals surface area contributed by atoms with Gasteiger partial charge in [0, 0.05) is 12.8 Å². The first-order chi connectivity index (χ1) is 8.91. The van der Waals surface area contributed by atoms with E-state index < -0.39 is 0 Å². The lowest BCUT2D eigenvalue weighted by Crippen LogP contribution is -2.10. The molecule has 0 radical (unpaired) electrons. The summed E-state index contributed by atoms with van der Waals surface area (Å²) in [5.41, 5.74) is 0. The summed E-state index contributed by atoms with van der Waals surface area (Å²) in [4.78, 5) is 22.6. The van der Waals surface area contributed by atoms with Gasteiger partial charge in [-0.2, -0.15) is 0 Å². The summed E-state index contributed by atoms with van der Waals surface area (Å²) >= 11 is 0. The smallest absolute Gasteiger partial charge is 0.305 e. The minimum absolute atomic E-state index is 0.143. The van der Waals surface area contributed by atoms with Gasteiger partial charge in [-0.25, -0.2) is 0 Å². The van der Waals surface area contributed by atoms with Crippen LogP contribution in [0.4, 0.5) is 0 Å². The Bertz CT molecular complexity index is 233. The minimum Gasteiger partial charge on any atom is -0.465 e. The molecule has 0 aromatic rings. The Hall–Kier alpha value is -1.06. The fourth-order valence-corrected chi connectivity index (χ4v) is 1.38. The number of carbonyl (C=O) groups is 2. The molecule has 0 aliphatic carbocycles. The summed E-state index contributed by atoms with van der Waals surface area (Å²) in [5.74, 6) is 0.464. The monoisotopic (exact) mass is 272 g/mol. The van der Waals surface area contributed by atoms with Gasteiger partial charge in [-0.15, -0.1) is 0 Å². The molecule has 0 amide bonds. The van der Waals surface area contributed by atoms with Gasteiger partial charge in [0.05, 0.1) is 13.2 Å². The first-order valence-electron chi connectivity index (χ1n) is 7.23. The third-order valence-electron chi connectivity index (χ3n) is 2.42. The molecule has 19 heavy (non-hydrogen) atoms. The molecule has 4 nitrogen and oxygen atoms in total. The van der Waals surface area contributed by atoms with E-state index in [4.69, 9.17) is 9.47 Å². The Labute approximate surface area is 116 Å². The molecule has 112 valence electrons. The Morgan fingerprint density at radius 3 is 1.42 bits per heavy atom. The number of ether oxygens (including phenoxy) is 2. The Morgan fingerprint density at radius 2 is 1.11 bits per heavy atom. The first-order valence-corrected chi connectivity index (χ1v) is 7.23. The fraction of sp³-hybridized carbons (Fsp3) is 0.867. The van der Waals surface area contributed by atoms with E-state index in [9.17, 15) is 9.59 Å². The first kappa shape index (κ1) is 17.9. The number of hydrogen-bond acceptors (Lipinski definition) is 4. The highest BCUT2D eigenvalue weighted by Gasteiger charge is 2.06. The maximum absolute atomic E-state index is 11.3. The van der Waals surface area contributed by atoms with E-state index in [1.807, 2.05) is 27.7 Å². The van der Waals surface area contributed by atoms with E-state index in [0.29, 0.717) is 37.9 Å². The molecule has 0 N–H and O–H groups in total. The number of hydrogen-bond donors (Lipinski definition) is 0. The zero-order valence-electron chi connectivity index (χ0n) is 12.7. The lowest BCUT2D eigenvalue weighted by Gasteiger charge is -2.07. The second-order valence-corrected chi connectivity index (χ2v) is 5.71. The van der Waals surface area contributed by atoms with Crippen LogP contribution in [0.25, 0.3) is 0 Å². The third-order valence-corrected chi connectivity index (χ3v) is 2.42. The second kappa shape index (κ2) is 10.8. The largest absolute Gasteiger partial charge is 0.465 e. The van der Waals surface area contributed by atoms with Crippen molar-refractivity contribution in [2.75, 3.05) is 13.2 Å². The third kappa shape index (κ3) is 13.2. The van der Waals surface area contributed by atoms with Gasteiger partial charge in [-0.3, -0.25) is 9.59 Å². The zero-order valence-corrected chi connectivity index (χ0v) is 12.7. The Balaban J connectivity index is 3.39. The van der Waals surface area contributed by atoms with Crippen molar-refractivity contribution < 1.29 is 19.1 Å². The van der Waals surface area contributed by atoms with Gasteiger partial charge in [-0.1, -0.05) is 34.1 Å². The average Bonchev–Trinajstić information content (AvgIpc) is 2.33. The molecule has 0 unspecified atom stereocenters. The molecule has 0 aliphatic rings. The van der Waals surface area contributed by atoms with Crippen LogP contribution < -0.4 is 0 Å². The van der Waals surface area contributed by atoms with Gasteiger partial charge in [0.15, 0.2) is 0 Å². The predicted octanol–water partition coefficient (Wildman–Crippen LogP) is 3.34. The molecule has 0 aromatic carbocycles. The van der Waals surface area contributed by atoms with Crippen LogP contribution in [-0.2, 0) is 19.1 Å². The van der Waals surface area contributed by atoms with E-state index >= 15 is 0 Å². The van der Waals surface area contributed by atoms with Gasteiger partial charge in [0.1, 0.15) is 0 Å². The van der Waals surface area contributed by atoms with Gasteiger partial charge >= 0.3 is 11.9 Å². The standard InChI is InChI=1S/C15H28O4/c1-12(2)10-18-14(16)8-6-5-7-9-15(17)19-11-13(3)4/h12-13H,5-11H2,1-4H3. The van der Waals surface area contributed by atoms with E-state index in [0.717, 1.165) is 19.3 Å². The van der Waals surface area contributed by atoms with Crippen LogP contribution in [0, 0.1) is 11.8 Å². The van der Waals surface area contributed by atoms with Crippen molar-refractivity contribution in [3.05, 3.63) is 0 Å². The van der Waals surface area contributed by atoms with Crippen molar-refractivity contribution in [2.45, 2.75) is 59.8 Å². The van der Waals surface area contributed by atoms with Gasteiger partial charge in [0.25, 0.3) is 0 Å². The lowest BCUT2D eigenvalue weighted by molar-refractivity contribution is -0.145. The van der Waals surface area contributed by atoms with Crippen LogP contribution in [-0.4, -0.2) is 25.2 Å². The summed E-state index contributed by atoms with van der Waals surface area (Å²) in [5, 5.41) is 0. The van der Waals surface area contributed by atoms with Crippen LogP contribution in [0.1, 0.15) is 59.8 Å². The number of carbonyl (C=O) groups excluding carboxylic acids is 2. The SMILES string of the molecule is CC(C)COC(=O)CCCCCC(=O)OCC(C)C. The highest BCUT2D eigenvalue weighted by molar-refractivity contribution is 5.69. The van der Waals surface area contributed by atoms with E-state index in [2.05, 4.69) is 0 Å². The molecular weight excluding hydrogens is 244 g/mol. The van der Waals surface area contributed by atoms with Crippen molar-refractivity contribution >= 4 is 11.9 Å². The molecule has 0 spiro atoms. The molecule has 0 atom stereocenters. The van der Waals surface area contributed by atoms with Crippen molar-refractivity contribution in [3.8, 4) is 0 Å². The summed E-state index contributed by atoms with van der Waals surface area (Å²) in [6, 6.07) is 0. The quantitative estimate of drug-likeness (QED) is 0.452. The minimum atomic E-state index is -0.143. The number of esters is 2. The van der Waals surface area contributed by atoms with Crippen LogP contribution in [0.15, 0.2) is 0 Å². The molecule has 0 saturated heterocycles. The lowest BCUT2D eigenvalue weighted by atomic mass is 10.1. The van der Waals surface area contributed by atoms with Gasteiger partial charge in [0.2, 0.25) is 0 Å². The maximum atomic E-state index is 11.3. The second-order valence-electron chi connectivity index (χ2n) is 5.71. The number of rotatable bonds is 10. The van der Waals surface area contributed by atoms with Crippen molar-refractivity contribution in [2.24, 2.45) is 11.8 Å². The predicted molar refractivity (Wildman–Crippen MR) is 74.7 cm³/mol. The Kier molecular flexibility index (Phi) is 10.2. The molecular formula is C15H28O4. The molecule has 0 rings (SSSR count). The molecule has 4 heteroatoms. The zero-order chi connectivity index (χ0) is 14.7. The topological polar surface area (TPSA) is 52.6 Å². The van der Waals surface area contributed by atoms with E-state index in [-0.39, 0.29) is 11.9 Å². The molecule has 0 fully saturated rings. The highest BCUT2D eigenvalue weighted by atomic mass is 16.5. The normalized spacial score (nSPS) is 10.8. The van der Waals surface area contributed by atoms with Crippen LogP contribution in [0.5, 0.6) is 0 Å². The van der Waals surface area contributed by atoms with Gasteiger partial charge < -0.3 is 9.47 Å². The van der Waals surface area contributed by atoms with Crippen molar-refractivity contribution in [3.63, 3.8) is 0 Å². The molecule has 0 heterocycles.